The number of nitrogens with one attached hydrogen (secondary N) is 1. The van der Waals surface area contributed by atoms with Crippen LogP contribution < -0.4 is 10.1 Å². The molecule has 5 nitrogen and oxygen atoms in total. The van der Waals surface area contributed by atoms with Gasteiger partial charge in [0.1, 0.15) is 11.6 Å². The Hall–Kier alpha value is -2.82. The van der Waals surface area contributed by atoms with Crippen LogP contribution in [0.3, 0.4) is 0 Å². The summed E-state index contributed by atoms with van der Waals surface area (Å²) in [5.41, 5.74) is 4.43. The molecule has 148 valence electrons. The zero-order chi connectivity index (χ0) is 19.2. The molecular formula is C24H26N4O. The molecule has 2 saturated carbocycles. The van der Waals surface area contributed by atoms with E-state index in [-0.39, 0.29) is 0 Å². The molecule has 1 N–H and O–H groups in total. The summed E-state index contributed by atoms with van der Waals surface area (Å²) in [5, 5.41) is 8.07. The van der Waals surface area contributed by atoms with Crippen molar-refractivity contribution in [3.05, 3.63) is 54.5 Å². The lowest BCUT2D eigenvalue weighted by atomic mass is 9.85. The van der Waals surface area contributed by atoms with Crippen LogP contribution in [-0.4, -0.2) is 27.4 Å². The summed E-state index contributed by atoms with van der Waals surface area (Å²) in [4.78, 5) is 5.00. The first-order valence-corrected chi connectivity index (χ1v) is 10.9. The molecular weight excluding hydrogens is 360 g/mol. The first-order valence-electron chi connectivity index (χ1n) is 10.9. The maximum absolute atomic E-state index is 6.09. The highest BCUT2D eigenvalue weighted by molar-refractivity contribution is 5.75. The van der Waals surface area contributed by atoms with E-state index in [2.05, 4.69) is 40.7 Å². The van der Waals surface area contributed by atoms with E-state index in [1.165, 1.54) is 37.7 Å². The molecule has 3 heterocycles. The van der Waals surface area contributed by atoms with Gasteiger partial charge >= 0.3 is 0 Å². The second kappa shape index (κ2) is 6.90. The standard InChI is InChI=1S/C24H26N4O/c1-9-25-28(10-1)19-4-5-21-20-6-7-24(27-22(20)8-11-29-23(21)15-19)26-18-13-16-2-3-17(12-16)14-18/h1,4-7,9-10,15-18H,2-3,8,11-14H2,(H,26,27)/t16-,17+,18?. The zero-order valence-electron chi connectivity index (χ0n) is 16.6. The van der Waals surface area contributed by atoms with Crippen LogP contribution >= 0.6 is 0 Å². The van der Waals surface area contributed by atoms with E-state index in [1.54, 1.807) is 6.20 Å². The van der Waals surface area contributed by atoms with Crippen molar-refractivity contribution >= 4 is 5.82 Å². The van der Waals surface area contributed by atoms with E-state index in [1.807, 2.05) is 16.9 Å². The number of fused-ring (bicyclic) bond motifs is 5. The van der Waals surface area contributed by atoms with Crippen LogP contribution in [0, 0.1) is 11.8 Å². The molecule has 0 spiro atoms. The Labute approximate surface area is 171 Å². The number of aromatic nitrogens is 3. The molecule has 2 fully saturated rings. The summed E-state index contributed by atoms with van der Waals surface area (Å²) in [5.74, 6) is 3.78. The average Bonchev–Trinajstić information content (AvgIpc) is 3.34. The summed E-state index contributed by atoms with van der Waals surface area (Å²) in [7, 11) is 0. The number of hydrogen-bond donors (Lipinski definition) is 1. The molecule has 0 amide bonds. The number of anilines is 1. The van der Waals surface area contributed by atoms with Gasteiger partial charge in [-0.05, 0) is 61.4 Å². The van der Waals surface area contributed by atoms with Crippen molar-refractivity contribution in [2.45, 2.75) is 44.6 Å². The molecule has 1 aliphatic heterocycles. The maximum atomic E-state index is 6.09. The van der Waals surface area contributed by atoms with Gasteiger partial charge in [0.15, 0.2) is 0 Å². The van der Waals surface area contributed by atoms with E-state index in [9.17, 15) is 0 Å². The molecule has 3 aliphatic rings. The third-order valence-electron chi connectivity index (χ3n) is 6.83. The van der Waals surface area contributed by atoms with Crippen molar-refractivity contribution in [1.29, 1.82) is 0 Å². The fourth-order valence-corrected chi connectivity index (χ4v) is 5.53. The number of pyridine rings is 1. The molecule has 2 aliphatic carbocycles. The van der Waals surface area contributed by atoms with Crippen LogP contribution in [-0.2, 0) is 6.42 Å². The average molecular weight is 386 g/mol. The van der Waals surface area contributed by atoms with Gasteiger partial charge in [-0.1, -0.05) is 12.8 Å². The van der Waals surface area contributed by atoms with Crippen LogP contribution in [0.4, 0.5) is 5.82 Å². The van der Waals surface area contributed by atoms with Crippen LogP contribution in [0.2, 0.25) is 0 Å². The third kappa shape index (κ3) is 3.18. The molecule has 3 atom stereocenters. The Morgan fingerprint density at radius 2 is 1.86 bits per heavy atom. The van der Waals surface area contributed by atoms with E-state index >= 15 is 0 Å². The minimum atomic E-state index is 0.581. The Kier molecular flexibility index (Phi) is 4.06. The van der Waals surface area contributed by atoms with Crippen molar-refractivity contribution in [3.8, 4) is 22.6 Å². The molecule has 29 heavy (non-hydrogen) atoms. The number of rotatable bonds is 3. The van der Waals surface area contributed by atoms with Gasteiger partial charge in [0, 0.05) is 42.0 Å². The van der Waals surface area contributed by atoms with Gasteiger partial charge in [0.2, 0.25) is 0 Å². The van der Waals surface area contributed by atoms with Crippen LogP contribution in [0.15, 0.2) is 48.8 Å². The Bertz CT molecular complexity index is 1020. The van der Waals surface area contributed by atoms with Crippen LogP contribution in [0.25, 0.3) is 16.8 Å². The maximum Gasteiger partial charge on any atom is 0.129 e. The van der Waals surface area contributed by atoms with Gasteiger partial charge in [0.05, 0.1) is 18.0 Å². The van der Waals surface area contributed by atoms with Crippen molar-refractivity contribution in [1.82, 2.24) is 14.8 Å². The highest BCUT2D eigenvalue weighted by Crippen LogP contribution is 2.43. The SMILES string of the molecule is c1cnn(-c2ccc3c(c2)OCCc2nc(NC4C[C@H]5CC[C@@H](C4)C5)ccc2-3)c1. The highest BCUT2D eigenvalue weighted by Gasteiger charge is 2.34. The summed E-state index contributed by atoms with van der Waals surface area (Å²) in [6, 6.07) is 13.2. The van der Waals surface area contributed by atoms with Gasteiger partial charge in [-0.25, -0.2) is 9.67 Å². The summed E-state index contributed by atoms with van der Waals surface area (Å²) < 4.78 is 7.95. The molecule has 1 unspecified atom stereocenters. The lowest BCUT2D eigenvalue weighted by Crippen LogP contribution is -2.28. The Morgan fingerprint density at radius 3 is 2.69 bits per heavy atom. The monoisotopic (exact) mass is 386 g/mol. The first-order chi connectivity index (χ1) is 14.3. The lowest BCUT2D eigenvalue weighted by Gasteiger charge is -2.29. The predicted octanol–water partition coefficient (Wildman–Crippen LogP) is 4.86. The fourth-order valence-electron chi connectivity index (χ4n) is 5.53. The van der Waals surface area contributed by atoms with Crippen molar-refractivity contribution in [2.75, 3.05) is 11.9 Å². The lowest BCUT2D eigenvalue weighted by molar-refractivity contribution is 0.325. The molecule has 5 heteroatoms. The summed E-state index contributed by atoms with van der Waals surface area (Å²) >= 11 is 0. The van der Waals surface area contributed by atoms with Crippen molar-refractivity contribution in [3.63, 3.8) is 0 Å². The molecule has 1 aromatic carbocycles. The molecule has 3 aromatic rings. The topological polar surface area (TPSA) is 52.0 Å². The van der Waals surface area contributed by atoms with Gasteiger partial charge in [-0.15, -0.1) is 0 Å². The largest absolute Gasteiger partial charge is 0.492 e. The van der Waals surface area contributed by atoms with E-state index in [0.29, 0.717) is 12.6 Å². The van der Waals surface area contributed by atoms with Crippen molar-refractivity contribution in [2.24, 2.45) is 11.8 Å². The molecule has 6 rings (SSSR count). The number of benzene rings is 1. The third-order valence-corrected chi connectivity index (χ3v) is 6.83. The van der Waals surface area contributed by atoms with E-state index < -0.39 is 0 Å². The smallest absolute Gasteiger partial charge is 0.129 e. The van der Waals surface area contributed by atoms with Gasteiger partial charge in [-0.3, -0.25) is 0 Å². The minimum Gasteiger partial charge on any atom is -0.492 e. The quantitative estimate of drug-likeness (QED) is 0.698. The van der Waals surface area contributed by atoms with Crippen LogP contribution in [0.5, 0.6) is 5.75 Å². The predicted molar refractivity (Wildman–Crippen MR) is 113 cm³/mol. The van der Waals surface area contributed by atoms with E-state index in [0.717, 1.165) is 46.8 Å². The zero-order valence-corrected chi connectivity index (χ0v) is 16.6. The van der Waals surface area contributed by atoms with Crippen LogP contribution in [0.1, 0.15) is 37.8 Å². The molecule has 0 radical (unpaired) electrons. The fraction of sp³-hybridized carbons (Fsp3) is 0.417. The number of ether oxygens (including phenoxy) is 1. The highest BCUT2D eigenvalue weighted by atomic mass is 16.5. The van der Waals surface area contributed by atoms with Gasteiger partial charge in [-0.2, -0.15) is 5.10 Å². The van der Waals surface area contributed by atoms with E-state index in [4.69, 9.17) is 9.72 Å². The van der Waals surface area contributed by atoms with Gasteiger partial charge in [0.25, 0.3) is 0 Å². The van der Waals surface area contributed by atoms with Crippen molar-refractivity contribution < 1.29 is 4.74 Å². The summed E-state index contributed by atoms with van der Waals surface area (Å²) in [6.07, 6.45) is 11.5. The normalized spacial score (nSPS) is 24.9. The second-order valence-corrected chi connectivity index (χ2v) is 8.78. The molecule has 2 bridgehead atoms. The second-order valence-electron chi connectivity index (χ2n) is 8.78. The van der Waals surface area contributed by atoms with Gasteiger partial charge < -0.3 is 10.1 Å². The minimum absolute atomic E-state index is 0.581. The Morgan fingerprint density at radius 1 is 1.00 bits per heavy atom. The number of nitrogens with zero attached hydrogens (tertiary/aromatic N) is 3. The molecule has 2 aromatic heterocycles. The summed E-state index contributed by atoms with van der Waals surface area (Å²) in [6.45, 7) is 0.645. The number of hydrogen-bond acceptors (Lipinski definition) is 4. The molecule has 0 saturated heterocycles. The Balaban J connectivity index is 1.28. The first kappa shape index (κ1) is 17.1.